The van der Waals surface area contributed by atoms with Gasteiger partial charge in [-0.1, -0.05) is 51.9 Å². The minimum absolute atomic E-state index is 0.0202. The molecule has 0 unspecified atom stereocenters. The highest BCUT2D eigenvalue weighted by Crippen LogP contribution is 2.24. The third-order valence-corrected chi connectivity index (χ3v) is 14.1. The SMILES string of the molecule is N=C(N)NCCC[C@@H]1NC(=O)[C@@H]2CSSC[C@@H](C(=O)NCC(=O)NCCOCCOCCN)NC(=O)[C@H](Cc3ccccc3)NC(=O)[C@H](CSCC(=O)N[C@@H](CC(=O)O)C(=O)N2)NC(=O)[C@H](CC(=O)O)NC(=O)CNC1=O. The van der Waals surface area contributed by atoms with E-state index in [1.165, 1.54) is 0 Å². The number of carbonyl (C=O) groups excluding carboxylic acids is 10. The number of rotatable bonds is 21. The summed E-state index contributed by atoms with van der Waals surface area (Å²) in [6.07, 6.45) is -2.38. The number of amides is 10. The Labute approximate surface area is 453 Å². The first kappa shape index (κ1) is 64.3. The molecule has 0 aliphatic carbocycles. The summed E-state index contributed by atoms with van der Waals surface area (Å²) in [5, 5.41) is 53.7. The summed E-state index contributed by atoms with van der Waals surface area (Å²) in [6, 6.07) is -3.33. The van der Waals surface area contributed by atoms with Crippen molar-refractivity contribution in [3.8, 4) is 0 Å². The number of carboxylic acid groups (broad SMARTS) is 2. The van der Waals surface area contributed by atoms with E-state index < -0.39 is 157 Å². The molecule has 10 amide bonds. The lowest BCUT2D eigenvalue weighted by Gasteiger charge is -2.27. The van der Waals surface area contributed by atoms with Crippen molar-refractivity contribution in [1.29, 1.82) is 5.41 Å². The molecule has 30 nitrogen and oxygen atoms in total. The highest BCUT2D eigenvalue weighted by molar-refractivity contribution is 8.76. The molecule has 2 bridgehead atoms. The third kappa shape index (κ3) is 26.1. The number of hydrogen-bond acceptors (Lipinski definition) is 19. The second-order valence-electron chi connectivity index (χ2n) is 16.8. The van der Waals surface area contributed by atoms with Crippen LogP contribution in [0, 0.1) is 5.41 Å². The van der Waals surface area contributed by atoms with E-state index in [1.54, 1.807) is 30.3 Å². The number of hydrogen-bond donors (Lipinski definition) is 16. The second-order valence-corrected chi connectivity index (χ2v) is 20.4. The van der Waals surface area contributed by atoms with E-state index in [1.807, 2.05) is 0 Å². The lowest BCUT2D eigenvalue weighted by atomic mass is 10.0. The van der Waals surface area contributed by atoms with Gasteiger partial charge >= 0.3 is 11.9 Å². The summed E-state index contributed by atoms with van der Waals surface area (Å²) in [6.45, 7) is -0.0644. The van der Waals surface area contributed by atoms with Gasteiger partial charge in [0.05, 0.1) is 58.1 Å². The number of nitrogens with two attached hydrogens (primary N) is 2. The number of guanidine groups is 1. The lowest BCUT2D eigenvalue weighted by Crippen LogP contribution is -2.60. The standard InChI is InChI=1S/C44H66N14O16S3/c45-8-11-73-13-14-74-12-10-48-32(59)18-50-38(67)30-21-76-77-22-31-43(72)54-25(7-4-9-49-44(46)47)37(66)51-19-33(60)52-27(16-35(62)63)40(69)56-29(20-75-23-34(61)53-28(17-36(64)65)41(70)58-31)42(71)55-26(39(68)57-30)15-24-5-2-1-3-6-24/h1-3,5-6,25-31H,4,7-23,45H2,(H,48,59)(H,50,67)(H,51,66)(H,52,60)(H,53,61)(H,54,72)(H,55,71)(H,56,69)(H,57,68)(H,58,70)(H,62,63)(H,64,65)(H4,46,47,49)/t25-,26-,27-,28-,29-,30-,31-/m0/s1. The van der Waals surface area contributed by atoms with Gasteiger partial charge in [-0.3, -0.25) is 62.9 Å². The maximum atomic E-state index is 14.4. The molecule has 33 heteroatoms. The minimum atomic E-state index is -1.90. The van der Waals surface area contributed by atoms with Crippen molar-refractivity contribution in [2.45, 2.75) is 74.4 Å². The fraction of sp³-hybridized carbons (Fsp3) is 0.568. The van der Waals surface area contributed by atoms with Crippen LogP contribution in [0.15, 0.2) is 30.3 Å². The van der Waals surface area contributed by atoms with Gasteiger partial charge in [0.1, 0.15) is 42.3 Å². The molecule has 77 heavy (non-hydrogen) atoms. The first-order valence-electron chi connectivity index (χ1n) is 23.9. The van der Waals surface area contributed by atoms with Crippen LogP contribution < -0.4 is 70.0 Å². The maximum absolute atomic E-state index is 14.4. The maximum Gasteiger partial charge on any atom is 0.305 e. The normalized spacial score (nSPS) is 22.7. The summed E-state index contributed by atoms with van der Waals surface area (Å²) in [5.41, 5.74) is 11.3. The Morgan fingerprint density at radius 2 is 1.22 bits per heavy atom. The van der Waals surface area contributed by atoms with Crippen molar-refractivity contribution in [2.75, 3.05) is 82.2 Å². The molecule has 2 heterocycles. The zero-order valence-electron chi connectivity index (χ0n) is 41.6. The highest BCUT2D eigenvalue weighted by atomic mass is 33.1. The van der Waals surface area contributed by atoms with Crippen LogP contribution in [0.5, 0.6) is 0 Å². The molecule has 2 fully saturated rings. The Morgan fingerprint density at radius 3 is 1.84 bits per heavy atom. The molecule has 18 N–H and O–H groups in total. The average Bonchev–Trinajstić information content (AvgIpc) is 3.37. The molecule has 7 atom stereocenters. The zero-order chi connectivity index (χ0) is 56.7. The lowest BCUT2D eigenvalue weighted by molar-refractivity contribution is -0.141. The Balaban J connectivity index is 2.15. The number of fused-ring (bicyclic) bond motifs is 9. The van der Waals surface area contributed by atoms with Crippen LogP contribution in [-0.2, 0) is 73.4 Å². The van der Waals surface area contributed by atoms with Crippen LogP contribution >= 0.6 is 33.3 Å². The predicted octanol–water partition coefficient (Wildman–Crippen LogP) is -6.68. The molecule has 1 aromatic carbocycles. The Kier molecular flexibility index (Phi) is 29.6. The van der Waals surface area contributed by atoms with Gasteiger partial charge in [0.15, 0.2) is 5.96 Å². The Morgan fingerprint density at radius 1 is 0.636 bits per heavy atom. The topological polar surface area (TPSA) is 472 Å². The van der Waals surface area contributed by atoms with Gasteiger partial charge in [-0.2, -0.15) is 0 Å². The molecule has 426 valence electrons. The van der Waals surface area contributed by atoms with Crippen LogP contribution in [0.4, 0.5) is 0 Å². The number of nitrogens with one attached hydrogen (secondary N) is 12. The van der Waals surface area contributed by atoms with Crippen molar-refractivity contribution in [3.63, 3.8) is 0 Å². The number of carboxylic acids is 2. The van der Waals surface area contributed by atoms with E-state index >= 15 is 0 Å². The predicted molar refractivity (Wildman–Crippen MR) is 279 cm³/mol. The summed E-state index contributed by atoms with van der Waals surface area (Å²) in [5.74, 6) is -15.3. The first-order chi connectivity index (χ1) is 36.8. The monoisotopic (exact) mass is 1140 g/mol. The van der Waals surface area contributed by atoms with Gasteiger partial charge in [0.25, 0.3) is 0 Å². The molecule has 2 aliphatic rings. The average molecular weight is 1140 g/mol. The van der Waals surface area contributed by atoms with E-state index in [4.69, 9.17) is 26.4 Å². The van der Waals surface area contributed by atoms with Crippen LogP contribution in [0.25, 0.3) is 0 Å². The van der Waals surface area contributed by atoms with E-state index in [9.17, 15) is 67.7 Å². The van der Waals surface area contributed by atoms with E-state index in [2.05, 4.69) is 58.5 Å². The van der Waals surface area contributed by atoms with Crippen molar-refractivity contribution >= 4 is 110 Å². The van der Waals surface area contributed by atoms with Crippen molar-refractivity contribution in [3.05, 3.63) is 35.9 Å². The molecule has 2 aliphatic heterocycles. The van der Waals surface area contributed by atoms with E-state index in [0.29, 0.717) is 30.5 Å². The summed E-state index contributed by atoms with van der Waals surface area (Å²) in [7, 11) is 1.75. The fourth-order valence-electron chi connectivity index (χ4n) is 6.83. The van der Waals surface area contributed by atoms with Crippen molar-refractivity contribution in [2.24, 2.45) is 11.5 Å². The molecular weight excluding hydrogens is 1080 g/mol. The summed E-state index contributed by atoms with van der Waals surface area (Å²) in [4.78, 5) is 162. The third-order valence-electron chi connectivity index (χ3n) is 10.6. The van der Waals surface area contributed by atoms with Crippen LogP contribution in [0.3, 0.4) is 0 Å². The number of carbonyl (C=O) groups is 12. The van der Waals surface area contributed by atoms with E-state index in [-0.39, 0.29) is 63.7 Å². The molecule has 3 rings (SSSR count). The summed E-state index contributed by atoms with van der Waals surface area (Å²) < 4.78 is 10.6. The number of benzene rings is 1. The van der Waals surface area contributed by atoms with E-state index in [0.717, 1.165) is 21.6 Å². The molecular formula is C44H66N14O16S3. The first-order valence-corrected chi connectivity index (χ1v) is 27.6. The molecule has 0 radical (unpaired) electrons. The van der Waals surface area contributed by atoms with Gasteiger partial charge in [0, 0.05) is 43.3 Å². The van der Waals surface area contributed by atoms with Crippen molar-refractivity contribution in [1.82, 2.24) is 58.5 Å². The van der Waals surface area contributed by atoms with Gasteiger partial charge in [0.2, 0.25) is 59.1 Å². The van der Waals surface area contributed by atoms with Gasteiger partial charge in [-0.15, -0.1) is 11.8 Å². The number of thioether (sulfide) groups is 1. The van der Waals surface area contributed by atoms with Gasteiger partial charge in [-0.05, 0) is 18.4 Å². The quantitative estimate of drug-likeness (QED) is 0.0235. The van der Waals surface area contributed by atoms with Crippen LogP contribution in [0.1, 0.15) is 31.2 Å². The minimum Gasteiger partial charge on any atom is -0.481 e. The number of aliphatic carboxylic acids is 2. The van der Waals surface area contributed by atoms with Crippen LogP contribution in [0.2, 0.25) is 0 Å². The van der Waals surface area contributed by atoms with Gasteiger partial charge < -0.3 is 89.6 Å². The number of ether oxygens (including phenoxy) is 2. The zero-order valence-corrected chi connectivity index (χ0v) is 44.1. The molecule has 0 aromatic heterocycles. The molecule has 0 saturated carbocycles. The second kappa shape index (κ2) is 35.4. The highest BCUT2D eigenvalue weighted by Gasteiger charge is 2.35. The van der Waals surface area contributed by atoms with Gasteiger partial charge in [-0.25, -0.2) is 0 Å². The van der Waals surface area contributed by atoms with Crippen molar-refractivity contribution < 1.29 is 77.2 Å². The fourth-order valence-corrected chi connectivity index (χ4v) is 10.0. The molecule has 2 saturated heterocycles. The smallest absolute Gasteiger partial charge is 0.305 e. The Bertz CT molecular complexity index is 2240. The summed E-state index contributed by atoms with van der Waals surface area (Å²) >= 11 is 0.677. The Hall–Kier alpha value is -6.94. The van der Waals surface area contributed by atoms with Crippen LogP contribution in [-0.4, -0.2) is 212 Å². The largest absolute Gasteiger partial charge is 0.481 e. The molecule has 0 spiro atoms. The molecule has 1 aromatic rings.